The van der Waals surface area contributed by atoms with Gasteiger partial charge in [-0.2, -0.15) is 0 Å². The minimum absolute atomic E-state index is 0.176. The standard InChI is InChI=1S/C14H11Br2IO/c1-18-11-6-7-12(13(15)8-11)14(16)9-2-4-10(17)5-3-9/h2-8,14H,1H3. The summed E-state index contributed by atoms with van der Waals surface area (Å²) in [4.78, 5) is 0.176. The molecule has 0 N–H and O–H groups in total. The van der Waals surface area contributed by atoms with Crippen LogP contribution in [0, 0.1) is 3.57 Å². The second-order valence-corrected chi connectivity index (χ2v) is 6.82. The van der Waals surface area contributed by atoms with E-state index in [1.165, 1.54) is 14.7 Å². The Hall–Kier alpha value is -0.0700. The van der Waals surface area contributed by atoms with E-state index in [4.69, 9.17) is 4.74 Å². The van der Waals surface area contributed by atoms with Gasteiger partial charge >= 0.3 is 0 Å². The van der Waals surface area contributed by atoms with Crippen molar-refractivity contribution in [2.24, 2.45) is 0 Å². The van der Waals surface area contributed by atoms with Crippen molar-refractivity contribution in [3.05, 3.63) is 61.6 Å². The van der Waals surface area contributed by atoms with Crippen LogP contribution in [0.15, 0.2) is 46.9 Å². The third kappa shape index (κ3) is 3.27. The molecule has 0 aliphatic carbocycles. The topological polar surface area (TPSA) is 9.23 Å². The first-order valence-electron chi connectivity index (χ1n) is 5.35. The van der Waals surface area contributed by atoms with Crippen LogP contribution in [0.5, 0.6) is 5.75 Å². The van der Waals surface area contributed by atoms with E-state index in [0.29, 0.717) is 0 Å². The highest BCUT2D eigenvalue weighted by Gasteiger charge is 2.13. The third-order valence-corrected chi connectivity index (χ3v) is 5.07. The van der Waals surface area contributed by atoms with Crippen LogP contribution in [0.3, 0.4) is 0 Å². The second-order valence-electron chi connectivity index (χ2n) is 3.80. The number of benzene rings is 2. The molecule has 94 valence electrons. The molecule has 0 saturated heterocycles. The predicted molar refractivity (Wildman–Crippen MR) is 90.6 cm³/mol. The van der Waals surface area contributed by atoms with Gasteiger partial charge in [0.25, 0.3) is 0 Å². The average Bonchev–Trinajstić information content (AvgIpc) is 2.38. The van der Waals surface area contributed by atoms with Crippen molar-refractivity contribution in [3.63, 3.8) is 0 Å². The molecule has 1 nitrogen and oxygen atoms in total. The van der Waals surface area contributed by atoms with Crippen molar-refractivity contribution in [2.45, 2.75) is 4.83 Å². The third-order valence-electron chi connectivity index (χ3n) is 2.64. The zero-order valence-electron chi connectivity index (χ0n) is 9.66. The molecule has 0 spiro atoms. The fourth-order valence-electron chi connectivity index (χ4n) is 1.65. The number of methoxy groups -OCH3 is 1. The van der Waals surface area contributed by atoms with E-state index in [-0.39, 0.29) is 4.83 Å². The van der Waals surface area contributed by atoms with Crippen LogP contribution in [0.2, 0.25) is 0 Å². The highest BCUT2D eigenvalue weighted by atomic mass is 127. The number of halogens is 3. The molecule has 0 bridgehead atoms. The van der Waals surface area contributed by atoms with Gasteiger partial charge in [0, 0.05) is 8.04 Å². The van der Waals surface area contributed by atoms with Gasteiger partial charge in [-0.3, -0.25) is 0 Å². The van der Waals surface area contributed by atoms with Gasteiger partial charge in [0.2, 0.25) is 0 Å². The van der Waals surface area contributed by atoms with Crippen molar-refractivity contribution < 1.29 is 4.74 Å². The highest BCUT2D eigenvalue weighted by molar-refractivity contribution is 14.1. The lowest BCUT2D eigenvalue weighted by molar-refractivity contribution is 0.414. The Labute approximate surface area is 137 Å². The van der Waals surface area contributed by atoms with Crippen LogP contribution < -0.4 is 4.74 Å². The highest BCUT2D eigenvalue weighted by Crippen LogP contribution is 2.37. The summed E-state index contributed by atoms with van der Waals surface area (Å²) in [6.07, 6.45) is 0. The maximum Gasteiger partial charge on any atom is 0.120 e. The zero-order chi connectivity index (χ0) is 13.1. The van der Waals surface area contributed by atoms with Gasteiger partial charge in [-0.05, 0) is 58.0 Å². The molecule has 0 aromatic heterocycles. The van der Waals surface area contributed by atoms with E-state index >= 15 is 0 Å². The summed E-state index contributed by atoms with van der Waals surface area (Å²) in [5.41, 5.74) is 2.43. The van der Waals surface area contributed by atoms with Gasteiger partial charge < -0.3 is 4.74 Å². The zero-order valence-corrected chi connectivity index (χ0v) is 15.0. The fraction of sp³-hybridized carbons (Fsp3) is 0.143. The Morgan fingerprint density at radius 3 is 2.33 bits per heavy atom. The van der Waals surface area contributed by atoms with E-state index in [1.807, 2.05) is 12.1 Å². The van der Waals surface area contributed by atoms with E-state index < -0.39 is 0 Å². The quantitative estimate of drug-likeness (QED) is 0.413. The molecule has 2 rings (SSSR count). The van der Waals surface area contributed by atoms with Crippen molar-refractivity contribution in [2.75, 3.05) is 7.11 Å². The first-order valence-corrected chi connectivity index (χ1v) is 8.13. The van der Waals surface area contributed by atoms with Crippen molar-refractivity contribution in [1.82, 2.24) is 0 Å². The molecule has 0 fully saturated rings. The molecule has 0 radical (unpaired) electrons. The summed E-state index contributed by atoms with van der Waals surface area (Å²) in [6.45, 7) is 0. The number of alkyl halides is 1. The minimum atomic E-state index is 0.176. The van der Waals surface area contributed by atoms with Crippen molar-refractivity contribution >= 4 is 54.5 Å². The lowest BCUT2D eigenvalue weighted by Gasteiger charge is -2.13. The molecule has 0 aliphatic rings. The van der Waals surface area contributed by atoms with E-state index in [2.05, 4.69) is 84.8 Å². The molecule has 2 aromatic rings. The molecule has 0 amide bonds. The monoisotopic (exact) mass is 480 g/mol. The number of rotatable bonds is 3. The summed E-state index contributed by atoms with van der Waals surface area (Å²) in [7, 11) is 1.67. The van der Waals surface area contributed by atoms with Crippen LogP contribution in [0.4, 0.5) is 0 Å². The van der Waals surface area contributed by atoms with E-state index in [9.17, 15) is 0 Å². The van der Waals surface area contributed by atoms with Crippen LogP contribution >= 0.6 is 54.5 Å². The summed E-state index contributed by atoms with van der Waals surface area (Å²) in [5, 5.41) is 0. The summed E-state index contributed by atoms with van der Waals surface area (Å²) in [6, 6.07) is 14.5. The molecule has 2 aromatic carbocycles. The summed E-state index contributed by atoms with van der Waals surface area (Å²) < 4.78 is 7.49. The minimum Gasteiger partial charge on any atom is -0.497 e. The summed E-state index contributed by atoms with van der Waals surface area (Å²) >= 11 is 9.64. The maximum absolute atomic E-state index is 5.20. The molecule has 0 aliphatic heterocycles. The Bertz CT molecular complexity index is 540. The van der Waals surface area contributed by atoms with Crippen molar-refractivity contribution in [1.29, 1.82) is 0 Å². The molecule has 4 heteroatoms. The SMILES string of the molecule is COc1ccc(C(Br)c2ccc(I)cc2)c(Br)c1. The van der Waals surface area contributed by atoms with Crippen LogP contribution in [0.25, 0.3) is 0 Å². The Balaban J connectivity index is 2.33. The van der Waals surface area contributed by atoms with Crippen LogP contribution in [-0.4, -0.2) is 7.11 Å². The lowest BCUT2D eigenvalue weighted by atomic mass is 10.0. The Morgan fingerprint density at radius 2 is 1.78 bits per heavy atom. The lowest BCUT2D eigenvalue weighted by Crippen LogP contribution is -1.95. The van der Waals surface area contributed by atoms with Crippen LogP contribution in [0.1, 0.15) is 16.0 Å². The van der Waals surface area contributed by atoms with Gasteiger partial charge in [-0.25, -0.2) is 0 Å². The first kappa shape index (κ1) is 14.3. The van der Waals surface area contributed by atoms with Gasteiger partial charge in [0.15, 0.2) is 0 Å². The molecule has 0 saturated carbocycles. The molecule has 1 unspecified atom stereocenters. The smallest absolute Gasteiger partial charge is 0.120 e. The Morgan fingerprint density at radius 1 is 1.11 bits per heavy atom. The number of hydrogen-bond donors (Lipinski definition) is 0. The molecule has 18 heavy (non-hydrogen) atoms. The van der Waals surface area contributed by atoms with Gasteiger partial charge in [-0.15, -0.1) is 0 Å². The first-order chi connectivity index (χ1) is 8.61. The van der Waals surface area contributed by atoms with Gasteiger partial charge in [0.1, 0.15) is 5.75 Å². The molecular formula is C14H11Br2IO. The number of hydrogen-bond acceptors (Lipinski definition) is 1. The Kier molecular flexibility index (Phi) is 5.09. The molecule has 1 atom stereocenters. The average molecular weight is 482 g/mol. The van der Waals surface area contributed by atoms with Gasteiger partial charge in [0.05, 0.1) is 11.9 Å². The van der Waals surface area contributed by atoms with E-state index in [1.54, 1.807) is 7.11 Å². The number of ether oxygens (including phenoxy) is 1. The second kappa shape index (κ2) is 6.39. The van der Waals surface area contributed by atoms with Gasteiger partial charge in [-0.1, -0.05) is 50.1 Å². The summed E-state index contributed by atoms with van der Waals surface area (Å²) in [5.74, 6) is 0.855. The normalized spacial score (nSPS) is 12.2. The molecule has 0 heterocycles. The van der Waals surface area contributed by atoms with E-state index in [0.717, 1.165) is 10.2 Å². The predicted octanol–water partition coefficient (Wildman–Crippen LogP) is 5.55. The van der Waals surface area contributed by atoms with Crippen molar-refractivity contribution in [3.8, 4) is 5.75 Å². The maximum atomic E-state index is 5.20. The van der Waals surface area contributed by atoms with Crippen LogP contribution in [-0.2, 0) is 0 Å². The largest absolute Gasteiger partial charge is 0.497 e. The fourth-order valence-corrected chi connectivity index (χ4v) is 3.61. The molecular weight excluding hydrogens is 471 g/mol.